The molecule has 0 saturated heterocycles. The van der Waals surface area contributed by atoms with Gasteiger partial charge >= 0.3 is 0 Å². The van der Waals surface area contributed by atoms with Crippen molar-refractivity contribution in [2.75, 3.05) is 6.54 Å². The van der Waals surface area contributed by atoms with Gasteiger partial charge in [-0.25, -0.2) is 0 Å². The molecule has 1 nitrogen and oxygen atoms in total. The third kappa shape index (κ3) is 2.82. The van der Waals surface area contributed by atoms with Gasteiger partial charge in [-0.1, -0.05) is 31.2 Å². The molecule has 0 bridgehead atoms. The Hall–Kier alpha value is -0.820. The average Bonchev–Trinajstić information content (AvgIpc) is 3.10. The molecule has 1 unspecified atom stereocenters. The minimum absolute atomic E-state index is 0.484. The Bertz CT molecular complexity index is 298. The minimum Gasteiger partial charge on any atom is -0.310 e. The number of hydrogen-bond acceptors (Lipinski definition) is 1. The highest BCUT2D eigenvalue weighted by Gasteiger charge is 2.23. The van der Waals surface area contributed by atoms with Gasteiger partial charge in [0.2, 0.25) is 0 Å². The SMILES string of the molecule is CCCNC(C)c1ccc(C2CC2)cc1. The van der Waals surface area contributed by atoms with Gasteiger partial charge in [-0.2, -0.15) is 0 Å². The molecule has 1 aromatic carbocycles. The van der Waals surface area contributed by atoms with E-state index in [-0.39, 0.29) is 0 Å². The second-order valence-electron chi connectivity index (χ2n) is 4.62. The standard InChI is InChI=1S/C14H21N/c1-3-10-15-11(2)12-4-6-13(7-5-12)14-8-9-14/h4-7,11,14-15H,3,8-10H2,1-2H3. The van der Waals surface area contributed by atoms with Crippen LogP contribution in [-0.4, -0.2) is 6.54 Å². The molecule has 1 aromatic rings. The Morgan fingerprint density at radius 1 is 1.27 bits per heavy atom. The zero-order chi connectivity index (χ0) is 10.7. The fourth-order valence-corrected chi connectivity index (χ4v) is 1.95. The van der Waals surface area contributed by atoms with E-state index in [9.17, 15) is 0 Å². The normalized spacial score (nSPS) is 17.7. The van der Waals surface area contributed by atoms with Crippen LogP contribution in [0.5, 0.6) is 0 Å². The first-order valence-corrected chi connectivity index (χ1v) is 6.14. The molecule has 1 aliphatic rings. The van der Waals surface area contributed by atoms with Crippen molar-refractivity contribution >= 4 is 0 Å². The predicted molar refractivity (Wildman–Crippen MR) is 65.1 cm³/mol. The van der Waals surface area contributed by atoms with Gasteiger partial charge in [0.25, 0.3) is 0 Å². The van der Waals surface area contributed by atoms with Gasteiger partial charge in [-0.3, -0.25) is 0 Å². The lowest BCUT2D eigenvalue weighted by molar-refractivity contribution is 0.570. The van der Waals surface area contributed by atoms with E-state index in [0.717, 1.165) is 12.5 Å². The van der Waals surface area contributed by atoms with E-state index in [0.29, 0.717) is 6.04 Å². The van der Waals surface area contributed by atoms with E-state index >= 15 is 0 Å². The monoisotopic (exact) mass is 203 g/mol. The molecule has 0 radical (unpaired) electrons. The molecule has 0 aliphatic heterocycles. The van der Waals surface area contributed by atoms with Crippen LogP contribution < -0.4 is 5.32 Å². The van der Waals surface area contributed by atoms with Crippen molar-refractivity contribution in [2.45, 2.75) is 45.1 Å². The van der Waals surface area contributed by atoms with Crippen molar-refractivity contribution in [3.63, 3.8) is 0 Å². The molecule has 0 heterocycles. The van der Waals surface area contributed by atoms with Crippen molar-refractivity contribution < 1.29 is 0 Å². The quantitative estimate of drug-likeness (QED) is 0.770. The van der Waals surface area contributed by atoms with Crippen LogP contribution in [0.4, 0.5) is 0 Å². The van der Waals surface area contributed by atoms with Crippen LogP contribution in [0.2, 0.25) is 0 Å². The van der Waals surface area contributed by atoms with Gasteiger partial charge < -0.3 is 5.32 Å². The van der Waals surface area contributed by atoms with Crippen LogP contribution in [-0.2, 0) is 0 Å². The lowest BCUT2D eigenvalue weighted by Crippen LogP contribution is -2.19. The maximum atomic E-state index is 3.51. The summed E-state index contributed by atoms with van der Waals surface area (Å²) in [7, 11) is 0. The highest BCUT2D eigenvalue weighted by Crippen LogP contribution is 2.40. The van der Waals surface area contributed by atoms with Crippen molar-refractivity contribution in [3.8, 4) is 0 Å². The molecule has 1 aliphatic carbocycles. The Morgan fingerprint density at radius 2 is 1.93 bits per heavy atom. The third-order valence-corrected chi connectivity index (χ3v) is 3.19. The summed E-state index contributed by atoms with van der Waals surface area (Å²) in [6.45, 7) is 5.54. The molecule has 0 amide bonds. The van der Waals surface area contributed by atoms with Gasteiger partial charge in [0, 0.05) is 6.04 Å². The van der Waals surface area contributed by atoms with Gasteiger partial charge in [0.05, 0.1) is 0 Å². The Balaban J connectivity index is 1.95. The van der Waals surface area contributed by atoms with Crippen LogP contribution >= 0.6 is 0 Å². The highest BCUT2D eigenvalue weighted by atomic mass is 14.9. The fraction of sp³-hybridized carbons (Fsp3) is 0.571. The first-order chi connectivity index (χ1) is 7.31. The van der Waals surface area contributed by atoms with Gasteiger partial charge in [0.15, 0.2) is 0 Å². The van der Waals surface area contributed by atoms with E-state index in [2.05, 4.69) is 43.4 Å². The molecule has 2 rings (SSSR count). The van der Waals surface area contributed by atoms with Gasteiger partial charge in [-0.05, 0) is 49.8 Å². The van der Waals surface area contributed by atoms with Crippen molar-refractivity contribution in [1.29, 1.82) is 0 Å². The summed E-state index contributed by atoms with van der Waals surface area (Å²) in [5.41, 5.74) is 2.94. The second kappa shape index (κ2) is 4.80. The number of benzene rings is 1. The molecule has 1 fully saturated rings. The number of rotatable bonds is 5. The van der Waals surface area contributed by atoms with Crippen molar-refractivity contribution in [2.24, 2.45) is 0 Å². The molecule has 15 heavy (non-hydrogen) atoms. The van der Waals surface area contributed by atoms with Crippen LogP contribution in [0.25, 0.3) is 0 Å². The maximum absolute atomic E-state index is 3.51. The molecule has 1 atom stereocenters. The summed E-state index contributed by atoms with van der Waals surface area (Å²) < 4.78 is 0. The highest BCUT2D eigenvalue weighted by molar-refractivity contribution is 5.29. The van der Waals surface area contributed by atoms with Crippen LogP contribution in [0.3, 0.4) is 0 Å². The second-order valence-corrected chi connectivity index (χ2v) is 4.62. The lowest BCUT2D eigenvalue weighted by Gasteiger charge is -2.13. The molecule has 0 aromatic heterocycles. The molecular weight excluding hydrogens is 182 g/mol. The van der Waals surface area contributed by atoms with Crippen molar-refractivity contribution in [1.82, 2.24) is 5.32 Å². The van der Waals surface area contributed by atoms with Crippen LogP contribution in [0, 0.1) is 0 Å². The average molecular weight is 203 g/mol. The van der Waals surface area contributed by atoms with Crippen LogP contribution in [0.1, 0.15) is 56.2 Å². The summed E-state index contributed by atoms with van der Waals surface area (Å²) in [5.74, 6) is 0.873. The third-order valence-electron chi connectivity index (χ3n) is 3.19. The van der Waals surface area contributed by atoms with Crippen LogP contribution in [0.15, 0.2) is 24.3 Å². The number of hydrogen-bond donors (Lipinski definition) is 1. The molecule has 1 N–H and O–H groups in total. The van der Waals surface area contributed by atoms with E-state index in [1.54, 1.807) is 0 Å². The van der Waals surface area contributed by atoms with E-state index in [1.807, 2.05) is 0 Å². The summed E-state index contributed by atoms with van der Waals surface area (Å²) in [6, 6.07) is 9.65. The summed E-state index contributed by atoms with van der Waals surface area (Å²) >= 11 is 0. The predicted octanol–water partition coefficient (Wildman–Crippen LogP) is 3.62. The zero-order valence-corrected chi connectivity index (χ0v) is 9.79. The van der Waals surface area contributed by atoms with Crippen molar-refractivity contribution in [3.05, 3.63) is 35.4 Å². The smallest absolute Gasteiger partial charge is 0.0291 e. The van der Waals surface area contributed by atoms with E-state index < -0.39 is 0 Å². The summed E-state index contributed by atoms with van der Waals surface area (Å²) in [5, 5.41) is 3.51. The molecule has 1 heteroatoms. The van der Waals surface area contributed by atoms with Gasteiger partial charge in [-0.15, -0.1) is 0 Å². The zero-order valence-electron chi connectivity index (χ0n) is 9.79. The molecule has 0 spiro atoms. The Morgan fingerprint density at radius 3 is 2.47 bits per heavy atom. The lowest BCUT2D eigenvalue weighted by atomic mass is 10.0. The fourth-order valence-electron chi connectivity index (χ4n) is 1.95. The molecule has 1 saturated carbocycles. The summed E-state index contributed by atoms with van der Waals surface area (Å²) in [6.07, 6.45) is 3.98. The molecular formula is C14H21N. The molecule has 82 valence electrons. The summed E-state index contributed by atoms with van der Waals surface area (Å²) in [4.78, 5) is 0. The largest absolute Gasteiger partial charge is 0.310 e. The Labute approximate surface area is 92.9 Å². The maximum Gasteiger partial charge on any atom is 0.0291 e. The van der Waals surface area contributed by atoms with E-state index in [1.165, 1.54) is 30.4 Å². The first-order valence-electron chi connectivity index (χ1n) is 6.14. The minimum atomic E-state index is 0.484. The van der Waals surface area contributed by atoms with Gasteiger partial charge in [0.1, 0.15) is 0 Å². The first kappa shape index (κ1) is 10.7. The van der Waals surface area contributed by atoms with E-state index in [4.69, 9.17) is 0 Å². The topological polar surface area (TPSA) is 12.0 Å². The Kier molecular flexibility index (Phi) is 3.42. The number of nitrogens with one attached hydrogen (secondary N) is 1.